The van der Waals surface area contributed by atoms with Crippen LogP contribution in [0.1, 0.15) is 47.1 Å². The summed E-state index contributed by atoms with van der Waals surface area (Å²) in [6, 6.07) is 20.8. The fourth-order valence-corrected chi connectivity index (χ4v) is 4.41. The average Bonchev–Trinajstić information content (AvgIpc) is 3.41. The Morgan fingerprint density at radius 3 is 2.50 bits per heavy atom. The Morgan fingerprint density at radius 2 is 1.80 bits per heavy atom. The van der Waals surface area contributed by atoms with Crippen molar-refractivity contribution in [2.45, 2.75) is 39.2 Å². The van der Waals surface area contributed by atoms with Crippen LogP contribution in [-0.2, 0) is 18.4 Å². The van der Waals surface area contributed by atoms with E-state index in [0.29, 0.717) is 13.1 Å². The highest BCUT2D eigenvalue weighted by Crippen LogP contribution is 2.24. The molecular formula is C26H28N2OS. The summed E-state index contributed by atoms with van der Waals surface area (Å²) in [6.45, 7) is 7.95. The minimum atomic E-state index is 0.0690. The van der Waals surface area contributed by atoms with Crippen molar-refractivity contribution in [2.75, 3.05) is 6.54 Å². The van der Waals surface area contributed by atoms with Crippen LogP contribution in [0.4, 0.5) is 0 Å². The summed E-state index contributed by atoms with van der Waals surface area (Å²) in [4.78, 5) is 20.1. The van der Waals surface area contributed by atoms with Crippen molar-refractivity contribution in [1.82, 2.24) is 9.88 Å². The number of fused-ring (bicyclic) bond motifs is 1. The van der Waals surface area contributed by atoms with Crippen molar-refractivity contribution in [1.29, 1.82) is 0 Å². The molecule has 0 saturated heterocycles. The maximum Gasteiger partial charge on any atom is 0.256 e. The number of rotatable bonds is 6. The fourth-order valence-electron chi connectivity index (χ4n) is 3.72. The highest BCUT2D eigenvalue weighted by atomic mass is 32.1. The molecule has 2 aromatic heterocycles. The molecule has 4 rings (SSSR count). The molecule has 1 amide bonds. The van der Waals surface area contributed by atoms with Crippen LogP contribution in [0.2, 0.25) is 0 Å². The molecule has 0 bridgehead atoms. The largest absolute Gasteiger partial charge is 0.361 e. The number of carbonyl (C=O) groups excluding carboxylic acids is 1. The summed E-state index contributed by atoms with van der Waals surface area (Å²) in [7, 11) is 0. The first-order valence-corrected chi connectivity index (χ1v) is 11.3. The van der Waals surface area contributed by atoms with Gasteiger partial charge in [-0.05, 0) is 46.5 Å². The molecule has 0 unspecified atom stereocenters. The number of H-pyrrole nitrogens is 1. The van der Waals surface area contributed by atoms with Crippen molar-refractivity contribution in [2.24, 2.45) is 0 Å². The monoisotopic (exact) mass is 416 g/mol. The average molecular weight is 417 g/mol. The molecule has 0 atom stereocenters. The molecule has 4 heteroatoms. The predicted octanol–water partition coefficient (Wildman–Crippen LogP) is 6.41. The Morgan fingerprint density at radius 1 is 1.00 bits per heavy atom. The number of carbonyl (C=O) groups is 1. The molecule has 0 saturated carbocycles. The number of aromatic amines is 1. The minimum Gasteiger partial charge on any atom is -0.361 e. The highest BCUT2D eigenvalue weighted by molar-refractivity contribution is 7.09. The summed E-state index contributed by atoms with van der Waals surface area (Å²) in [5, 5.41) is 3.15. The van der Waals surface area contributed by atoms with Gasteiger partial charge in [-0.25, -0.2) is 0 Å². The molecule has 2 aromatic carbocycles. The summed E-state index contributed by atoms with van der Waals surface area (Å²) in [5.41, 5.74) is 4.22. The first-order chi connectivity index (χ1) is 14.4. The minimum absolute atomic E-state index is 0.0690. The van der Waals surface area contributed by atoms with E-state index >= 15 is 0 Å². The van der Waals surface area contributed by atoms with Crippen LogP contribution >= 0.6 is 11.3 Å². The lowest BCUT2D eigenvalue weighted by Gasteiger charge is -2.24. The van der Waals surface area contributed by atoms with Gasteiger partial charge in [-0.15, -0.1) is 11.3 Å². The van der Waals surface area contributed by atoms with Gasteiger partial charge in [0.2, 0.25) is 0 Å². The summed E-state index contributed by atoms with van der Waals surface area (Å²) < 4.78 is 0. The second-order valence-electron chi connectivity index (χ2n) is 8.75. The highest BCUT2D eigenvalue weighted by Gasteiger charge is 2.20. The van der Waals surface area contributed by atoms with Gasteiger partial charge in [0.1, 0.15) is 0 Å². The number of hydrogen-bond acceptors (Lipinski definition) is 2. The van der Waals surface area contributed by atoms with Gasteiger partial charge in [0, 0.05) is 29.5 Å². The van der Waals surface area contributed by atoms with Crippen molar-refractivity contribution >= 4 is 28.1 Å². The first kappa shape index (κ1) is 20.4. The fraction of sp³-hybridized carbons (Fsp3) is 0.269. The third kappa shape index (κ3) is 4.49. The van der Waals surface area contributed by atoms with E-state index in [1.807, 2.05) is 35.4 Å². The smallest absolute Gasteiger partial charge is 0.256 e. The number of hydrogen-bond donors (Lipinski definition) is 1. The van der Waals surface area contributed by atoms with Crippen LogP contribution in [0.25, 0.3) is 10.9 Å². The number of amides is 1. The zero-order chi connectivity index (χ0) is 21.1. The van der Waals surface area contributed by atoms with Gasteiger partial charge in [-0.3, -0.25) is 4.79 Å². The van der Waals surface area contributed by atoms with Crippen LogP contribution in [0, 0.1) is 0 Å². The molecule has 0 radical (unpaired) electrons. The van der Waals surface area contributed by atoms with E-state index < -0.39 is 0 Å². The topological polar surface area (TPSA) is 36.1 Å². The third-order valence-electron chi connectivity index (χ3n) is 5.51. The molecule has 1 N–H and O–H groups in total. The Kier molecular flexibility index (Phi) is 5.78. The SMILES string of the molecule is CC(C)(C)c1ccc(CN(CCc2cccs2)C(=O)c2cccc3cc[nH]c23)cc1. The number of para-hydroxylation sites is 1. The van der Waals surface area contributed by atoms with Crippen LogP contribution < -0.4 is 0 Å². The number of benzene rings is 2. The molecule has 154 valence electrons. The van der Waals surface area contributed by atoms with E-state index in [4.69, 9.17) is 0 Å². The zero-order valence-corrected chi connectivity index (χ0v) is 18.6. The van der Waals surface area contributed by atoms with Crippen molar-refractivity contribution < 1.29 is 4.79 Å². The first-order valence-electron chi connectivity index (χ1n) is 10.4. The quantitative estimate of drug-likeness (QED) is 0.387. The predicted molar refractivity (Wildman–Crippen MR) is 126 cm³/mol. The van der Waals surface area contributed by atoms with Crippen LogP contribution in [-0.4, -0.2) is 22.3 Å². The van der Waals surface area contributed by atoms with Gasteiger partial charge in [0.25, 0.3) is 5.91 Å². The van der Waals surface area contributed by atoms with Crippen molar-refractivity contribution in [3.05, 3.63) is 93.8 Å². The second kappa shape index (κ2) is 8.49. The lowest BCUT2D eigenvalue weighted by atomic mass is 9.87. The summed E-state index contributed by atoms with van der Waals surface area (Å²) in [5.74, 6) is 0.0690. The standard InChI is InChI=1S/C26H28N2OS/c1-26(2,3)21-11-9-19(10-12-21)18-28(16-14-22-7-5-17-30-22)25(29)23-8-4-6-20-13-15-27-24(20)23/h4-13,15,17,27H,14,16,18H2,1-3H3. The molecule has 3 nitrogen and oxygen atoms in total. The van der Waals surface area contributed by atoms with E-state index in [0.717, 1.165) is 28.5 Å². The van der Waals surface area contributed by atoms with E-state index in [9.17, 15) is 4.79 Å². The molecule has 2 heterocycles. The number of nitrogens with one attached hydrogen (secondary N) is 1. The lowest BCUT2D eigenvalue weighted by molar-refractivity contribution is 0.0747. The normalized spacial score (nSPS) is 11.7. The van der Waals surface area contributed by atoms with Gasteiger partial charge in [-0.2, -0.15) is 0 Å². The molecule has 0 aliphatic carbocycles. The van der Waals surface area contributed by atoms with E-state index in [2.05, 4.69) is 67.5 Å². The number of thiophene rings is 1. The summed E-state index contributed by atoms with van der Waals surface area (Å²) >= 11 is 1.74. The van der Waals surface area contributed by atoms with Gasteiger partial charge in [-0.1, -0.05) is 63.2 Å². The van der Waals surface area contributed by atoms with Gasteiger partial charge in [0.15, 0.2) is 0 Å². The van der Waals surface area contributed by atoms with Crippen LogP contribution in [0.15, 0.2) is 72.2 Å². The molecular weight excluding hydrogens is 388 g/mol. The Balaban J connectivity index is 1.60. The number of aromatic nitrogens is 1. The maximum atomic E-state index is 13.6. The molecule has 0 aliphatic rings. The van der Waals surface area contributed by atoms with E-state index in [1.165, 1.54) is 10.4 Å². The molecule has 4 aromatic rings. The molecule has 30 heavy (non-hydrogen) atoms. The second-order valence-corrected chi connectivity index (χ2v) is 9.78. The molecule has 0 aliphatic heterocycles. The molecule has 0 fully saturated rings. The Hall–Kier alpha value is -2.85. The van der Waals surface area contributed by atoms with Gasteiger partial charge in [0.05, 0.1) is 11.1 Å². The van der Waals surface area contributed by atoms with Gasteiger partial charge < -0.3 is 9.88 Å². The van der Waals surface area contributed by atoms with Crippen molar-refractivity contribution in [3.8, 4) is 0 Å². The van der Waals surface area contributed by atoms with E-state index in [1.54, 1.807) is 11.3 Å². The van der Waals surface area contributed by atoms with E-state index in [-0.39, 0.29) is 11.3 Å². The number of nitrogens with zero attached hydrogens (tertiary/aromatic N) is 1. The third-order valence-corrected chi connectivity index (χ3v) is 6.44. The van der Waals surface area contributed by atoms with Crippen LogP contribution in [0.5, 0.6) is 0 Å². The zero-order valence-electron chi connectivity index (χ0n) is 17.8. The molecule has 0 spiro atoms. The maximum absolute atomic E-state index is 13.6. The van der Waals surface area contributed by atoms with Crippen LogP contribution in [0.3, 0.4) is 0 Å². The Labute approximate surface area is 182 Å². The van der Waals surface area contributed by atoms with Gasteiger partial charge >= 0.3 is 0 Å². The lowest BCUT2D eigenvalue weighted by Crippen LogP contribution is -2.32. The van der Waals surface area contributed by atoms with Crippen molar-refractivity contribution in [3.63, 3.8) is 0 Å². The summed E-state index contributed by atoms with van der Waals surface area (Å²) in [6.07, 6.45) is 2.76. The Bertz CT molecular complexity index is 1120.